The van der Waals surface area contributed by atoms with E-state index in [-0.39, 0.29) is 18.0 Å². The zero-order chi connectivity index (χ0) is 13.0. The predicted molar refractivity (Wildman–Crippen MR) is 71.7 cm³/mol. The molecule has 2 N–H and O–H groups in total. The Morgan fingerprint density at radius 1 is 1.39 bits per heavy atom. The Morgan fingerprint density at radius 3 is 2.78 bits per heavy atom. The van der Waals surface area contributed by atoms with E-state index in [4.69, 9.17) is 5.73 Å². The lowest BCUT2D eigenvalue weighted by Crippen LogP contribution is -2.47. The van der Waals surface area contributed by atoms with E-state index >= 15 is 0 Å². The second kappa shape index (κ2) is 5.70. The number of hydrogen-bond acceptors (Lipinski definition) is 2. The lowest BCUT2D eigenvalue weighted by atomic mass is 9.99. The van der Waals surface area contributed by atoms with Gasteiger partial charge in [-0.2, -0.15) is 0 Å². The molecule has 1 aliphatic heterocycles. The number of piperidine rings is 1. The first-order valence-corrected chi connectivity index (χ1v) is 6.30. The number of benzene rings is 1. The van der Waals surface area contributed by atoms with Gasteiger partial charge in [0, 0.05) is 30.1 Å². The maximum absolute atomic E-state index is 12.0. The molecular weight excluding hydrogens is 224 g/mol. The van der Waals surface area contributed by atoms with Crippen molar-refractivity contribution in [2.24, 2.45) is 5.73 Å². The van der Waals surface area contributed by atoms with Crippen molar-refractivity contribution < 1.29 is 4.79 Å². The van der Waals surface area contributed by atoms with Gasteiger partial charge in [-0.3, -0.25) is 4.79 Å². The van der Waals surface area contributed by atoms with E-state index in [1.165, 1.54) is 0 Å². The molecule has 0 aliphatic carbocycles. The van der Waals surface area contributed by atoms with E-state index < -0.39 is 0 Å². The summed E-state index contributed by atoms with van der Waals surface area (Å²) in [5.41, 5.74) is 6.75. The monoisotopic (exact) mass is 242 g/mol. The highest BCUT2D eigenvalue weighted by Gasteiger charge is 2.25. The molecule has 1 aliphatic rings. The molecule has 0 aromatic heterocycles. The van der Waals surface area contributed by atoms with Gasteiger partial charge in [0.15, 0.2) is 0 Å². The van der Waals surface area contributed by atoms with Gasteiger partial charge < -0.3 is 10.6 Å². The van der Waals surface area contributed by atoms with E-state index in [2.05, 4.69) is 11.8 Å². The molecule has 1 amide bonds. The summed E-state index contributed by atoms with van der Waals surface area (Å²) in [5.74, 6) is 5.51. The van der Waals surface area contributed by atoms with Crippen molar-refractivity contribution >= 4 is 5.91 Å². The van der Waals surface area contributed by atoms with Crippen LogP contribution in [0.5, 0.6) is 0 Å². The van der Waals surface area contributed by atoms with Gasteiger partial charge in [0.2, 0.25) is 0 Å². The number of amides is 1. The summed E-state index contributed by atoms with van der Waals surface area (Å²) in [6, 6.07) is 9.96. The van der Waals surface area contributed by atoms with Crippen molar-refractivity contribution in [1.29, 1.82) is 0 Å². The molecule has 3 nitrogen and oxygen atoms in total. The van der Waals surface area contributed by atoms with Crippen molar-refractivity contribution in [3.8, 4) is 11.8 Å². The largest absolute Gasteiger partial charge is 0.329 e. The molecular formula is C15H18N2O. The summed E-state index contributed by atoms with van der Waals surface area (Å²) in [4.78, 5) is 13.8. The minimum absolute atomic E-state index is 0.0988. The first-order valence-electron chi connectivity index (χ1n) is 6.30. The van der Waals surface area contributed by atoms with Crippen molar-refractivity contribution in [2.75, 3.05) is 6.54 Å². The van der Waals surface area contributed by atoms with Crippen LogP contribution in [0.4, 0.5) is 0 Å². The van der Waals surface area contributed by atoms with Crippen molar-refractivity contribution in [1.82, 2.24) is 4.90 Å². The molecule has 0 spiro atoms. The first-order chi connectivity index (χ1) is 8.66. The SMILES string of the molecule is CC1CC(N)CCN1C(=O)C#Cc1ccccc1. The van der Waals surface area contributed by atoms with Crippen LogP contribution in [0, 0.1) is 11.8 Å². The quantitative estimate of drug-likeness (QED) is 0.699. The van der Waals surface area contributed by atoms with E-state index in [9.17, 15) is 4.79 Å². The van der Waals surface area contributed by atoms with Crippen LogP contribution in [-0.4, -0.2) is 29.4 Å². The maximum atomic E-state index is 12.0. The molecule has 2 rings (SSSR count). The van der Waals surface area contributed by atoms with Crippen LogP contribution in [-0.2, 0) is 4.79 Å². The Hall–Kier alpha value is -1.79. The number of rotatable bonds is 0. The Bertz CT molecular complexity index is 472. The molecule has 1 heterocycles. The first kappa shape index (κ1) is 12.7. The van der Waals surface area contributed by atoms with E-state index in [0.29, 0.717) is 6.54 Å². The normalized spacial score (nSPS) is 23.1. The van der Waals surface area contributed by atoms with Gasteiger partial charge in [0.25, 0.3) is 5.91 Å². The maximum Gasteiger partial charge on any atom is 0.299 e. The Balaban J connectivity index is 2.02. The fourth-order valence-electron chi connectivity index (χ4n) is 2.23. The molecule has 0 saturated carbocycles. The van der Waals surface area contributed by atoms with Crippen LogP contribution in [0.1, 0.15) is 25.3 Å². The predicted octanol–water partition coefficient (Wildman–Crippen LogP) is 1.38. The van der Waals surface area contributed by atoms with Gasteiger partial charge in [-0.1, -0.05) is 24.1 Å². The summed E-state index contributed by atoms with van der Waals surface area (Å²) in [7, 11) is 0. The summed E-state index contributed by atoms with van der Waals surface area (Å²) >= 11 is 0. The van der Waals surface area contributed by atoms with Crippen molar-refractivity contribution in [3.05, 3.63) is 35.9 Å². The highest BCUT2D eigenvalue weighted by Crippen LogP contribution is 2.15. The highest BCUT2D eigenvalue weighted by atomic mass is 16.2. The minimum Gasteiger partial charge on any atom is -0.329 e. The summed E-state index contributed by atoms with van der Waals surface area (Å²) in [6.45, 7) is 2.74. The topological polar surface area (TPSA) is 46.3 Å². The number of nitrogens with two attached hydrogens (primary N) is 1. The lowest BCUT2D eigenvalue weighted by Gasteiger charge is -2.35. The molecule has 1 aromatic rings. The molecule has 18 heavy (non-hydrogen) atoms. The molecule has 1 aromatic carbocycles. The van der Waals surface area contributed by atoms with Crippen molar-refractivity contribution in [3.63, 3.8) is 0 Å². The van der Waals surface area contributed by atoms with Crippen LogP contribution in [0.15, 0.2) is 30.3 Å². The number of nitrogens with zero attached hydrogens (tertiary/aromatic N) is 1. The fraction of sp³-hybridized carbons (Fsp3) is 0.400. The number of carbonyl (C=O) groups is 1. The second-order valence-electron chi connectivity index (χ2n) is 4.75. The van der Waals surface area contributed by atoms with Gasteiger partial charge >= 0.3 is 0 Å². The summed E-state index contributed by atoms with van der Waals surface area (Å²) in [6.07, 6.45) is 1.72. The minimum atomic E-state index is -0.0988. The van der Waals surface area contributed by atoms with E-state index in [1.54, 1.807) is 0 Å². The molecule has 1 saturated heterocycles. The fourth-order valence-corrected chi connectivity index (χ4v) is 2.23. The summed E-state index contributed by atoms with van der Waals surface area (Å²) < 4.78 is 0. The standard InChI is InChI=1S/C15H18N2O/c1-12-11-14(16)9-10-17(12)15(18)8-7-13-5-3-2-4-6-13/h2-6,12,14H,9-11,16H2,1H3. The Labute approximate surface area is 108 Å². The molecule has 0 radical (unpaired) electrons. The van der Waals surface area contributed by atoms with Crippen LogP contribution in [0.2, 0.25) is 0 Å². The Morgan fingerprint density at radius 2 is 2.11 bits per heavy atom. The van der Waals surface area contributed by atoms with Crippen LogP contribution >= 0.6 is 0 Å². The van der Waals surface area contributed by atoms with E-state index in [0.717, 1.165) is 18.4 Å². The Kier molecular flexibility index (Phi) is 4.01. The molecule has 2 unspecified atom stereocenters. The molecule has 94 valence electrons. The highest BCUT2D eigenvalue weighted by molar-refractivity contribution is 5.94. The van der Waals surface area contributed by atoms with Crippen LogP contribution < -0.4 is 5.73 Å². The third kappa shape index (κ3) is 3.12. The average Bonchev–Trinajstić information content (AvgIpc) is 2.37. The number of likely N-dealkylation sites (tertiary alicyclic amines) is 1. The number of hydrogen-bond donors (Lipinski definition) is 1. The van der Waals surface area contributed by atoms with E-state index in [1.807, 2.05) is 42.2 Å². The zero-order valence-electron chi connectivity index (χ0n) is 10.6. The third-order valence-electron chi connectivity index (χ3n) is 3.27. The van der Waals surface area contributed by atoms with Crippen molar-refractivity contribution in [2.45, 2.75) is 31.8 Å². The van der Waals surface area contributed by atoms with Gasteiger partial charge in [-0.15, -0.1) is 0 Å². The lowest BCUT2D eigenvalue weighted by molar-refractivity contribution is -0.128. The smallest absolute Gasteiger partial charge is 0.299 e. The second-order valence-corrected chi connectivity index (χ2v) is 4.75. The van der Waals surface area contributed by atoms with Gasteiger partial charge in [-0.05, 0) is 31.9 Å². The molecule has 0 bridgehead atoms. The van der Waals surface area contributed by atoms with Crippen LogP contribution in [0.3, 0.4) is 0 Å². The number of carbonyl (C=O) groups excluding carboxylic acids is 1. The molecule has 1 fully saturated rings. The zero-order valence-corrected chi connectivity index (χ0v) is 10.6. The third-order valence-corrected chi connectivity index (χ3v) is 3.27. The summed E-state index contributed by atoms with van der Waals surface area (Å²) in [5, 5.41) is 0. The average molecular weight is 242 g/mol. The van der Waals surface area contributed by atoms with Gasteiger partial charge in [0.05, 0.1) is 0 Å². The van der Waals surface area contributed by atoms with Gasteiger partial charge in [0.1, 0.15) is 0 Å². The molecule has 2 atom stereocenters. The van der Waals surface area contributed by atoms with Gasteiger partial charge in [-0.25, -0.2) is 0 Å². The molecule has 3 heteroatoms. The van der Waals surface area contributed by atoms with Crippen LogP contribution in [0.25, 0.3) is 0 Å².